The number of anilines is 1. The molecule has 0 saturated carbocycles. The molecular formula is C26H25NS. The van der Waals surface area contributed by atoms with E-state index in [2.05, 4.69) is 93.7 Å². The van der Waals surface area contributed by atoms with E-state index in [0.29, 0.717) is 12.0 Å². The van der Waals surface area contributed by atoms with Crippen LogP contribution in [0.4, 0.5) is 5.69 Å². The monoisotopic (exact) mass is 383 g/mol. The molecule has 1 aliphatic carbocycles. The Kier molecular flexibility index (Phi) is 4.06. The maximum absolute atomic E-state index is 3.65. The molecule has 0 saturated heterocycles. The Labute approximate surface area is 170 Å². The Morgan fingerprint density at radius 1 is 0.857 bits per heavy atom. The van der Waals surface area contributed by atoms with E-state index in [1.165, 1.54) is 53.7 Å². The number of nitrogens with one attached hydrogen (secondary N) is 1. The van der Waals surface area contributed by atoms with Gasteiger partial charge in [-0.25, -0.2) is 0 Å². The van der Waals surface area contributed by atoms with E-state index in [9.17, 15) is 0 Å². The molecule has 5 rings (SSSR count). The summed E-state index contributed by atoms with van der Waals surface area (Å²) in [5, 5.41) is 6.50. The van der Waals surface area contributed by atoms with Crippen molar-refractivity contribution in [2.24, 2.45) is 0 Å². The molecule has 28 heavy (non-hydrogen) atoms. The maximum Gasteiger partial charge on any atom is 0.0422 e. The lowest BCUT2D eigenvalue weighted by atomic mass is 9.93. The van der Waals surface area contributed by atoms with Gasteiger partial charge in [-0.3, -0.25) is 0 Å². The molecule has 0 spiro atoms. The first kappa shape index (κ1) is 17.5. The Balaban J connectivity index is 1.79. The fourth-order valence-electron chi connectivity index (χ4n) is 4.65. The summed E-state index contributed by atoms with van der Waals surface area (Å²) in [5.74, 6) is 0.429. The van der Waals surface area contributed by atoms with Crippen molar-refractivity contribution in [2.45, 2.75) is 39.7 Å². The van der Waals surface area contributed by atoms with E-state index in [0.717, 1.165) is 0 Å². The highest BCUT2D eigenvalue weighted by molar-refractivity contribution is 7.25. The van der Waals surface area contributed by atoms with Crippen molar-refractivity contribution in [2.75, 3.05) is 5.32 Å². The van der Waals surface area contributed by atoms with Crippen LogP contribution in [0.5, 0.6) is 0 Å². The number of thiophene rings is 1. The molecule has 1 N–H and O–H groups in total. The smallest absolute Gasteiger partial charge is 0.0422 e. The van der Waals surface area contributed by atoms with Crippen molar-refractivity contribution >= 4 is 42.8 Å². The highest BCUT2D eigenvalue weighted by Crippen LogP contribution is 2.51. The maximum atomic E-state index is 3.65. The third kappa shape index (κ3) is 2.51. The predicted octanol–water partition coefficient (Wildman–Crippen LogP) is 7.81. The lowest BCUT2D eigenvalue weighted by Crippen LogP contribution is -2.11. The third-order valence-corrected chi connectivity index (χ3v) is 7.11. The van der Waals surface area contributed by atoms with Crippen LogP contribution in [-0.4, -0.2) is 6.04 Å². The first-order chi connectivity index (χ1) is 13.6. The van der Waals surface area contributed by atoms with Crippen LogP contribution in [0.15, 0.2) is 66.2 Å². The molecule has 140 valence electrons. The molecule has 2 heteroatoms. The fraction of sp³-hybridized carbons (Fsp3) is 0.231. The van der Waals surface area contributed by atoms with Crippen molar-refractivity contribution in [3.63, 3.8) is 0 Å². The van der Waals surface area contributed by atoms with Crippen molar-refractivity contribution in [3.05, 3.63) is 82.9 Å². The summed E-state index contributed by atoms with van der Waals surface area (Å²) >= 11 is 1.91. The highest BCUT2D eigenvalue weighted by atomic mass is 32.1. The molecule has 0 amide bonds. The third-order valence-electron chi connectivity index (χ3n) is 5.97. The molecule has 1 atom stereocenters. The minimum absolute atomic E-state index is 0.406. The van der Waals surface area contributed by atoms with Gasteiger partial charge < -0.3 is 5.32 Å². The Morgan fingerprint density at radius 3 is 2.43 bits per heavy atom. The fourth-order valence-corrected chi connectivity index (χ4v) is 5.77. The van der Waals surface area contributed by atoms with E-state index in [1.807, 2.05) is 11.3 Å². The molecule has 0 radical (unpaired) electrons. The Morgan fingerprint density at radius 2 is 1.61 bits per heavy atom. The molecule has 0 aliphatic heterocycles. The number of allylic oxidation sites excluding steroid dienone is 1. The molecule has 1 aliphatic rings. The van der Waals surface area contributed by atoms with Gasteiger partial charge in [-0.2, -0.15) is 0 Å². The van der Waals surface area contributed by atoms with Crippen LogP contribution in [-0.2, 0) is 0 Å². The minimum Gasteiger partial charge on any atom is -0.382 e. The second kappa shape index (κ2) is 6.49. The summed E-state index contributed by atoms with van der Waals surface area (Å²) < 4.78 is 2.78. The van der Waals surface area contributed by atoms with Gasteiger partial charge in [0.05, 0.1) is 0 Å². The highest BCUT2D eigenvalue weighted by Gasteiger charge is 2.30. The van der Waals surface area contributed by atoms with Crippen LogP contribution in [0, 0.1) is 0 Å². The first-order valence-electron chi connectivity index (χ1n) is 10.1. The number of hydrogen-bond acceptors (Lipinski definition) is 2. The largest absolute Gasteiger partial charge is 0.382 e. The van der Waals surface area contributed by atoms with E-state index in [-0.39, 0.29) is 0 Å². The van der Waals surface area contributed by atoms with Crippen LogP contribution in [0.25, 0.3) is 25.7 Å². The number of hydrogen-bond donors (Lipinski definition) is 1. The van der Waals surface area contributed by atoms with Gasteiger partial charge in [0.15, 0.2) is 0 Å². The van der Waals surface area contributed by atoms with Crippen molar-refractivity contribution < 1.29 is 0 Å². The van der Waals surface area contributed by atoms with Crippen LogP contribution in [0.3, 0.4) is 0 Å². The number of fused-ring (bicyclic) bond motifs is 5. The molecule has 0 bridgehead atoms. The normalized spacial score (nSPS) is 16.4. The molecule has 1 aromatic heterocycles. The van der Waals surface area contributed by atoms with Crippen LogP contribution in [0.1, 0.15) is 50.3 Å². The van der Waals surface area contributed by atoms with E-state index in [4.69, 9.17) is 0 Å². The van der Waals surface area contributed by atoms with Gasteiger partial charge >= 0.3 is 0 Å². The summed E-state index contributed by atoms with van der Waals surface area (Å²) in [6, 6.07) is 22.7. The van der Waals surface area contributed by atoms with Crippen LogP contribution in [0.2, 0.25) is 0 Å². The zero-order chi connectivity index (χ0) is 19.4. The van der Waals surface area contributed by atoms with E-state index < -0.39 is 0 Å². The standard InChI is InChI=1S/C26H25NS/c1-15(2)27-21-11-7-5-9-18(21)24-16(3)17(4)25-20(24)13-14-23-26(25)19-10-6-8-12-22(19)28-23/h5-15,17,27H,1-4H3. The number of para-hydroxylation sites is 1. The van der Waals surface area contributed by atoms with E-state index in [1.54, 1.807) is 0 Å². The molecular weight excluding hydrogens is 358 g/mol. The molecule has 1 unspecified atom stereocenters. The van der Waals surface area contributed by atoms with Gasteiger partial charge in [0, 0.05) is 43.4 Å². The SMILES string of the molecule is CC1=C(c2ccccc2NC(C)C)c2ccc3sc4ccccc4c3c2C1C. The Hall–Kier alpha value is -2.58. The first-order valence-corrected chi connectivity index (χ1v) is 10.9. The lowest BCUT2D eigenvalue weighted by Gasteiger charge is -2.17. The minimum atomic E-state index is 0.406. The van der Waals surface area contributed by atoms with Gasteiger partial charge in [0.25, 0.3) is 0 Å². The van der Waals surface area contributed by atoms with Gasteiger partial charge in [-0.15, -0.1) is 11.3 Å². The van der Waals surface area contributed by atoms with Crippen LogP contribution >= 0.6 is 11.3 Å². The van der Waals surface area contributed by atoms with Crippen LogP contribution < -0.4 is 5.32 Å². The summed E-state index contributed by atoms with van der Waals surface area (Å²) in [4.78, 5) is 0. The van der Waals surface area contributed by atoms with Gasteiger partial charge in [-0.05, 0) is 55.7 Å². The van der Waals surface area contributed by atoms with Crippen molar-refractivity contribution in [3.8, 4) is 0 Å². The quantitative estimate of drug-likeness (QED) is 0.380. The summed E-state index contributed by atoms with van der Waals surface area (Å²) in [7, 11) is 0. The second-order valence-corrected chi connectivity index (χ2v) is 9.21. The summed E-state index contributed by atoms with van der Waals surface area (Å²) in [6.45, 7) is 9.08. The summed E-state index contributed by atoms with van der Waals surface area (Å²) in [5.41, 5.74) is 8.32. The van der Waals surface area contributed by atoms with Crippen molar-refractivity contribution in [1.82, 2.24) is 0 Å². The van der Waals surface area contributed by atoms with Gasteiger partial charge in [0.2, 0.25) is 0 Å². The average Bonchev–Trinajstić information content (AvgIpc) is 3.17. The Bertz CT molecular complexity index is 1240. The zero-order valence-corrected chi connectivity index (χ0v) is 17.7. The topological polar surface area (TPSA) is 12.0 Å². The summed E-state index contributed by atoms with van der Waals surface area (Å²) in [6.07, 6.45) is 0. The van der Waals surface area contributed by atoms with E-state index >= 15 is 0 Å². The molecule has 4 aromatic rings. The molecule has 0 fully saturated rings. The average molecular weight is 384 g/mol. The zero-order valence-electron chi connectivity index (χ0n) is 16.8. The molecule has 1 nitrogen and oxygen atoms in total. The van der Waals surface area contributed by atoms with Gasteiger partial charge in [-0.1, -0.05) is 55.0 Å². The predicted molar refractivity (Wildman–Crippen MR) is 125 cm³/mol. The van der Waals surface area contributed by atoms with Crippen molar-refractivity contribution in [1.29, 1.82) is 0 Å². The lowest BCUT2D eigenvalue weighted by molar-refractivity contribution is 0.898. The van der Waals surface area contributed by atoms with Gasteiger partial charge in [0.1, 0.15) is 0 Å². The number of benzene rings is 3. The second-order valence-electron chi connectivity index (χ2n) is 8.12. The number of rotatable bonds is 3. The molecule has 1 heterocycles. The molecule has 3 aromatic carbocycles.